The van der Waals surface area contributed by atoms with Crippen LogP contribution in [-0.2, 0) is 16.8 Å². The van der Waals surface area contributed by atoms with Gasteiger partial charge in [-0.3, -0.25) is 0 Å². The molecule has 0 aromatic rings. The van der Waals surface area contributed by atoms with Crippen molar-refractivity contribution < 1.29 is 16.8 Å². The molecule has 0 aliphatic carbocycles. The third kappa shape index (κ3) is 67.6. The summed E-state index contributed by atoms with van der Waals surface area (Å²) in [4.78, 5) is 0. The molecule has 5 heteroatoms. The molecular formula is C3H4CoN4. The fourth-order valence-electron chi connectivity index (χ4n) is 0. The largest absolute Gasteiger partial charge is 2.00 e. The summed E-state index contributed by atoms with van der Waals surface area (Å²) in [5.74, 6) is 0. The second-order valence-corrected chi connectivity index (χ2v) is 0. The van der Waals surface area contributed by atoms with E-state index in [1.165, 1.54) is 0 Å². The third-order valence-corrected chi connectivity index (χ3v) is 0. The molecular weight excluding hydrogens is 151 g/mol. The number of quaternary nitrogens is 1. The van der Waals surface area contributed by atoms with Crippen molar-refractivity contribution >= 4 is 0 Å². The quantitative estimate of drug-likeness (QED) is 0.519. The molecule has 0 saturated carbocycles. The summed E-state index contributed by atoms with van der Waals surface area (Å²) in [5, 5.41) is 18.8. The van der Waals surface area contributed by atoms with Crippen molar-refractivity contribution in [2.24, 2.45) is 0 Å². The maximum absolute atomic E-state index is 6.25. The second kappa shape index (κ2) is 128. The molecule has 0 aliphatic heterocycles. The van der Waals surface area contributed by atoms with Crippen LogP contribution >= 0.6 is 0 Å². The van der Waals surface area contributed by atoms with Gasteiger partial charge in [-0.1, -0.05) is 0 Å². The van der Waals surface area contributed by atoms with Crippen LogP contribution in [0.25, 0.3) is 0 Å². The first kappa shape index (κ1) is 65.2. The zero-order valence-corrected chi connectivity index (χ0v) is 5.22. The van der Waals surface area contributed by atoms with Crippen molar-refractivity contribution in [1.82, 2.24) is 6.15 Å². The number of rotatable bonds is 0. The smallest absolute Gasteiger partial charge is 0.512 e. The van der Waals surface area contributed by atoms with Crippen LogP contribution in [0.3, 0.4) is 0 Å². The van der Waals surface area contributed by atoms with Crippen molar-refractivity contribution in [3.8, 4) is 0 Å². The summed E-state index contributed by atoms with van der Waals surface area (Å²) < 4.78 is 0. The first-order chi connectivity index (χ1) is 3.00. The molecule has 0 unspecified atom stereocenters. The molecule has 1 radical (unpaired) electrons. The van der Waals surface area contributed by atoms with E-state index >= 15 is 0 Å². The van der Waals surface area contributed by atoms with Crippen molar-refractivity contribution in [2.75, 3.05) is 0 Å². The van der Waals surface area contributed by atoms with Crippen LogP contribution in [0.2, 0.25) is 0 Å². The van der Waals surface area contributed by atoms with E-state index in [0.29, 0.717) is 0 Å². The first-order valence-electron chi connectivity index (χ1n) is 0.671. The summed E-state index contributed by atoms with van der Waals surface area (Å²) in [6.07, 6.45) is 0. The Kier molecular flexibility index (Phi) is 1040. The fraction of sp³-hybridized carbons (Fsp3) is 0. The Morgan fingerprint density at radius 1 is 0.625 bits per heavy atom. The molecule has 0 amide bonds. The zero-order valence-electron chi connectivity index (χ0n) is 4.17. The average Bonchev–Trinajstić information content (AvgIpc) is 1.81. The van der Waals surface area contributed by atoms with E-state index < -0.39 is 0 Å². The van der Waals surface area contributed by atoms with E-state index in [2.05, 4.69) is 0 Å². The molecule has 8 heavy (non-hydrogen) atoms. The molecule has 4 N–H and O–H groups in total. The standard InChI is InChI=1S/3CN.Co.H3N/c3*1-2;;/h;;;;1H3/q3*-1;+2;/p+1. The monoisotopic (exact) mass is 155 g/mol. The van der Waals surface area contributed by atoms with Crippen molar-refractivity contribution in [3.63, 3.8) is 0 Å². The van der Waals surface area contributed by atoms with Gasteiger partial charge in [0, 0.05) is 0 Å². The van der Waals surface area contributed by atoms with E-state index in [1.54, 1.807) is 0 Å². The van der Waals surface area contributed by atoms with Gasteiger partial charge in [0.2, 0.25) is 0 Å². The minimum absolute atomic E-state index is 0. The van der Waals surface area contributed by atoms with Gasteiger partial charge in [0.15, 0.2) is 0 Å². The molecule has 0 atom stereocenters. The Balaban J connectivity index is -0.00000000500. The van der Waals surface area contributed by atoms with E-state index in [-0.39, 0.29) is 22.9 Å². The fourth-order valence-corrected chi connectivity index (χ4v) is 0. The van der Waals surface area contributed by atoms with Gasteiger partial charge in [-0.15, -0.1) is 0 Å². The molecule has 0 saturated heterocycles. The van der Waals surface area contributed by atoms with Crippen molar-refractivity contribution in [3.05, 3.63) is 19.7 Å². The summed E-state index contributed by atoms with van der Waals surface area (Å²) >= 11 is 0. The minimum Gasteiger partial charge on any atom is -0.512 e. The number of hydrogen-bond donors (Lipinski definition) is 1. The predicted octanol–water partition coefficient (Wildman–Crippen LogP) is 0.663. The van der Waals surface area contributed by atoms with E-state index in [1.807, 2.05) is 0 Å². The summed E-state index contributed by atoms with van der Waals surface area (Å²) in [5.41, 5.74) is 0. The van der Waals surface area contributed by atoms with Crippen molar-refractivity contribution in [1.29, 1.82) is 15.8 Å². The molecule has 0 rings (SSSR count). The summed E-state index contributed by atoms with van der Waals surface area (Å²) in [7, 11) is 0. The molecule has 0 aromatic carbocycles. The normalized spacial score (nSPS) is 0.750. The molecule has 0 bridgehead atoms. The van der Waals surface area contributed by atoms with E-state index in [9.17, 15) is 0 Å². The summed E-state index contributed by atoms with van der Waals surface area (Å²) in [6.45, 7) is 14.2. The van der Waals surface area contributed by atoms with Crippen LogP contribution in [0.4, 0.5) is 0 Å². The third-order valence-electron chi connectivity index (χ3n) is 0. The van der Waals surface area contributed by atoms with Crippen molar-refractivity contribution in [2.45, 2.75) is 0 Å². The molecule has 0 fully saturated rings. The Bertz CT molecular complexity index is 39.8. The molecule has 0 aromatic heterocycles. The van der Waals surface area contributed by atoms with E-state index in [0.717, 1.165) is 0 Å². The Morgan fingerprint density at radius 2 is 0.625 bits per heavy atom. The predicted molar refractivity (Wildman–Crippen MR) is 20.9 cm³/mol. The number of nitrogens with zero attached hydrogens (tertiary/aromatic N) is 3. The molecule has 0 spiro atoms. The maximum atomic E-state index is 6.25. The van der Waals surface area contributed by atoms with Gasteiger partial charge < -0.3 is 41.7 Å². The Morgan fingerprint density at radius 3 is 0.625 bits per heavy atom. The van der Waals surface area contributed by atoms with Gasteiger partial charge >= 0.3 is 16.8 Å². The SMILES string of the molecule is [C-]#N.[C-]#N.[C-]#N.[Co+2].[NH4+]. The number of hydrogen-bond acceptors (Lipinski definition) is 3. The first-order valence-corrected chi connectivity index (χ1v) is 0.671. The van der Waals surface area contributed by atoms with Gasteiger partial charge in [0.25, 0.3) is 0 Å². The summed E-state index contributed by atoms with van der Waals surface area (Å²) in [6, 6.07) is 0. The van der Waals surface area contributed by atoms with Gasteiger partial charge in [0.1, 0.15) is 0 Å². The zero-order chi connectivity index (χ0) is 6.00. The molecule has 0 heterocycles. The van der Waals surface area contributed by atoms with Crippen LogP contribution in [0.5, 0.6) is 0 Å². The minimum atomic E-state index is 0. The molecule has 45 valence electrons. The van der Waals surface area contributed by atoms with E-state index in [4.69, 9.17) is 35.5 Å². The van der Waals surface area contributed by atoms with Crippen LogP contribution in [0, 0.1) is 35.5 Å². The molecule has 0 aliphatic rings. The topological polar surface area (TPSA) is 108 Å². The average molecular weight is 155 g/mol. The second-order valence-electron chi connectivity index (χ2n) is 0. The van der Waals surface area contributed by atoms with Crippen LogP contribution in [-0.4, -0.2) is 0 Å². The van der Waals surface area contributed by atoms with Crippen LogP contribution < -0.4 is 6.15 Å². The molecule has 4 nitrogen and oxygen atoms in total. The Labute approximate surface area is 59.1 Å². The maximum Gasteiger partial charge on any atom is 2.00 e. The Hall–Kier alpha value is -1.06. The van der Waals surface area contributed by atoms with Gasteiger partial charge in [-0.2, -0.15) is 0 Å². The van der Waals surface area contributed by atoms with Gasteiger partial charge in [-0.05, 0) is 0 Å². The van der Waals surface area contributed by atoms with Gasteiger partial charge in [0.05, 0.1) is 0 Å². The van der Waals surface area contributed by atoms with Crippen LogP contribution in [0.15, 0.2) is 0 Å². The van der Waals surface area contributed by atoms with Crippen LogP contribution in [0.1, 0.15) is 0 Å². The van der Waals surface area contributed by atoms with Gasteiger partial charge in [-0.25, -0.2) is 0 Å².